The molecule has 18 heavy (non-hydrogen) atoms. The zero-order valence-electron chi connectivity index (χ0n) is 11.0. The molecule has 0 spiro atoms. The summed E-state index contributed by atoms with van der Waals surface area (Å²) in [6, 6.07) is 6.61. The van der Waals surface area contributed by atoms with E-state index in [4.69, 9.17) is 9.47 Å². The number of anilines is 1. The van der Waals surface area contributed by atoms with Crippen LogP contribution in [-0.4, -0.2) is 25.7 Å². The van der Waals surface area contributed by atoms with Crippen LogP contribution in [0.2, 0.25) is 0 Å². The van der Waals surface area contributed by atoms with Gasteiger partial charge < -0.3 is 14.8 Å². The largest absolute Gasteiger partial charge is 0.455 e. The molecule has 1 aliphatic heterocycles. The van der Waals surface area contributed by atoms with Gasteiger partial charge in [0.1, 0.15) is 0 Å². The van der Waals surface area contributed by atoms with Crippen molar-refractivity contribution in [2.45, 2.75) is 32.4 Å². The number of esters is 1. The summed E-state index contributed by atoms with van der Waals surface area (Å²) in [5.74, 6) is -0.293. The second-order valence-electron chi connectivity index (χ2n) is 4.72. The quantitative estimate of drug-likeness (QED) is 0.832. The average Bonchev–Trinajstić information content (AvgIpc) is 2.66. The molecule has 2 unspecified atom stereocenters. The maximum absolute atomic E-state index is 11.1. The van der Waals surface area contributed by atoms with Crippen LogP contribution in [0.15, 0.2) is 18.2 Å². The Morgan fingerprint density at radius 3 is 3.00 bits per heavy atom. The van der Waals surface area contributed by atoms with E-state index in [1.807, 2.05) is 12.1 Å². The van der Waals surface area contributed by atoms with Gasteiger partial charge >= 0.3 is 5.97 Å². The third kappa shape index (κ3) is 2.82. The molecule has 4 heteroatoms. The van der Waals surface area contributed by atoms with Crippen molar-refractivity contribution in [3.63, 3.8) is 0 Å². The van der Waals surface area contributed by atoms with Crippen LogP contribution in [0.1, 0.15) is 31.1 Å². The molecule has 0 amide bonds. The van der Waals surface area contributed by atoms with Gasteiger partial charge in [-0.25, -0.2) is 0 Å². The summed E-state index contributed by atoms with van der Waals surface area (Å²) < 4.78 is 10.4. The van der Waals surface area contributed by atoms with E-state index in [9.17, 15) is 4.79 Å². The van der Waals surface area contributed by atoms with Crippen molar-refractivity contribution in [1.29, 1.82) is 0 Å². The summed E-state index contributed by atoms with van der Waals surface area (Å²) in [5, 5.41) is 3.41. The zero-order valence-corrected chi connectivity index (χ0v) is 11.0. The number of nitrogens with one attached hydrogen (secondary N) is 1. The number of fused-ring (bicyclic) bond motifs is 1. The van der Waals surface area contributed by atoms with Crippen molar-refractivity contribution in [1.82, 2.24) is 0 Å². The minimum absolute atomic E-state index is 0.293. The van der Waals surface area contributed by atoms with Gasteiger partial charge in [0.25, 0.3) is 0 Å². The second-order valence-corrected chi connectivity index (χ2v) is 4.72. The van der Waals surface area contributed by atoms with Gasteiger partial charge in [0.2, 0.25) is 0 Å². The smallest absolute Gasteiger partial charge is 0.303 e. The number of benzene rings is 1. The Kier molecular flexibility index (Phi) is 3.87. The van der Waals surface area contributed by atoms with Gasteiger partial charge in [-0.1, -0.05) is 12.1 Å². The summed E-state index contributed by atoms with van der Waals surface area (Å²) >= 11 is 0. The minimum Gasteiger partial charge on any atom is -0.455 e. The van der Waals surface area contributed by atoms with E-state index in [0.29, 0.717) is 12.6 Å². The third-order valence-corrected chi connectivity index (χ3v) is 3.06. The summed E-state index contributed by atoms with van der Waals surface area (Å²) in [7, 11) is 1.60. The predicted octanol–water partition coefficient (Wildman–Crippen LogP) is 2.29. The summed E-state index contributed by atoms with van der Waals surface area (Å²) in [6.45, 7) is 3.93. The van der Waals surface area contributed by atoms with Crippen LogP contribution in [0.25, 0.3) is 0 Å². The maximum Gasteiger partial charge on any atom is 0.303 e. The molecule has 0 saturated heterocycles. The van der Waals surface area contributed by atoms with E-state index in [1.54, 1.807) is 7.11 Å². The number of hydrogen-bond acceptors (Lipinski definition) is 4. The number of hydrogen-bond donors (Lipinski definition) is 1. The van der Waals surface area contributed by atoms with E-state index >= 15 is 0 Å². The van der Waals surface area contributed by atoms with Crippen LogP contribution < -0.4 is 5.32 Å². The highest BCUT2D eigenvalue weighted by Gasteiger charge is 2.20. The minimum atomic E-state index is -0.337. The molecule has 1 aromatic carbocycles. The fourth-order valence-corrected chi connectivity index (χ4v) is 2.30. The van der Waals surface area contributed by atoms with Crippen molar-refractivity contribution in [3.8, 4) is 0 Å². The Morgan fingerprint density at radius 1 is 1.56 bits per heavy atom. The molecule has 1 aromatic rings. The maximum atomic E-state index is 11.1. The Labute approximate surface area is 107 Å². The van der Waals surface area contributed by atoms with Crippen LogP contribution in [0, 0.1) is 0 Å². The number of methoxy groups -OCH3 is 1. The van der Waals surface area contributed by atoms with E-state index in [-0.39, 0.29) is 12.1 Å². The summed E-state index contributed by atoms with van der Waals surface area (Å²) in [5.41, 5.74) is 3.41. The van der Waals surface area contributed by atoms with Gasteiger partial charge in [-0.2, -0.15) is 0 Å². The Bertz CT molecular complexity index is 445. The van der Waals surface area contributed by atoms with Gasteiger partial charge in [0, 0.05) is 25.8 Å². The molecular formula is C14H19NO3. The zero-order chi connectivity index (χ0) is 13.1. The summed E-state index contributed by atoms with van der Waals surface area (Å²) in [6.07, 6.45) is 0.702. The molecule has 0 radical (unpaired) electrons. The van der Waals surface area contributed by atoms with Crippen LogP contribution in [0.3, 0.4) is 0 Å². The highest BCUT2D eigenvalue weighted by molar-refractivity contribution is 5.66. The molecular weight excluding hydrogens is 230 g/mol. The van der Waals surface area contributed by atoms with Crippen LogP contribution >= 0.6 is 0 Å². The van der Waals surface area contributed by atoms with E-state index in [2.05, 4.69) is 18.3 Å². The lowest BCUT2D eigenvalue weighted by molar-refractivity contribution is -0.149. The number of carbonyl (C=O) groups is 1. The SMILES string of the molecule is COCC(OC(C)=O)c1ccc2c(c1)NC(C)C2. The summed E-state index contributed by atoms with van der Waals surface area (Å²) in [4.78, 5) is 11.1. The van der Waals surface area contributed by atoms with E-state index in [1.165, 1.54) is 12.5 Å². The monoisotopic (exact) mass is 249 g/mol. The molecule has 0 aliphatic carbocycles. The standard InChI is InChI=1S/C14H19NO3/c1-9-6-11-4-5-12(7-13(11)15-9)14(8-17-3)18-10(2)16/h4-5,7,9,14-15H,6,8H2,1-3H3. The van der Waals surface area contributed by atoms with Gasteiger partial charge in [0.05, 0.1) is 6.61 Å². The molecule has 1 N–H and O–H groups in total. The molecule has 1 aliphatic rings. The van der Waals surface area contributed by atoms with E-state index in [0.717, 1.165) is 17.7 Å². The van der Waals surface area contributed by atoms with Gasteiger partial charge in [0.15, 0.2) is 6.10 Å². The molecule has 2 atom stereocenters. The predicted molar refractivity (Wildman–Crippen MR) is 69.6 cm³/mol. The lowest BCUT2D eigenvalue weighted by atomic mass is 10.0. The fourth-order valence-electron chi connectivity index (χ4n) is 2.30. The molecule has 0 saturated carbocycles. The number of rotatable bonds is 4. The first-order chi connectivity index (χ1) is 8.60. The second kappa shape index (κ2) is 5.40. The fraction of sp³-hybridized carbons (Fsp3) is 0.500. The topological polar surface area (TPSA) is 47.6 Å². The molecule has 0 bridgehead atoms. The van der Waals surface area contributed by atoms with Gasteiger partial charge in [-0.05, 0) is 30.5 Å². The molecule has 2 rings (SSSR count). The Morgan fingerprint density at radius 2 is 2.33 bits per heavy atom. The van der Waals surface area contributed by atoms with Gasteiger partial charge in [-0.3, -0.25) is 4.79 Å². The first-order valence-corrected chi connectivity index (χ1v) is 6.15. The molecule has 0 aromatic heterocycles. The number of ether oxygens (including phenoxy) is 2. The lowest BCUT2D eigenvalue weighted by Crippen LogP contribution is -2.14. The van der Waals surface area contributed by atoms with Crippen molar-refractivity contribution in [3.05, 3.63) is 29.3 Å². The normalized spacial score (nSPS) is 18.9. The van der Waals surface area contributed by atoms with Crippen LogP contribution in [0.4, 0.5) is 5.69 Å². The average molecular weight is 249 g/mol. The highest BCUT2D eigenvalue weighted by Crippen LogP contribution is 2.30. The Balaban J connectivity index is 2.21. The first-order valence-electron chi connectivity index (χ1n) is 6.15. The van der Waals surface area contributed by atoms with E-state index < -0.39 is 0 Å². The lowest BCUT2D eigenvalue weighted by Gasteiger charge is -2.17. The van der Waals surface area contributed by atoms with Crippen LogP contribution in [-0.2, 0) is 20.7 Å². The first kappa shape index (κ1) is 12.9. The highest BCUT2D eigenvalue weighted by atomic mass is 16.6. The van der Waals surface area contributed by atoms with Crippen molar-refractivity contribution >= 4 is 11.7 Å². The molecule has 4 nitrogen and oxygen atoms in total. The molecule has 0 fully saturated rings. The molecule has 1 heterocycles. The molecule has 98 valence electrons. The third-order valence-electron chi connectivity index (χ3n) is 3.06. The van der Waals surface area contributed by atoms with Gasteiger partial charge in [-0.15, -0.1) is 0 Å². The van der Waals surface area contributed by atoms with Crippen LogP contribution in [0.5, 0.6) is 0 Å². The van der Waals surface area contributed by atoms with Crippen molar-refractivity contribution < 1.29 is 14.3 Å². The number of carbonyl (C=O) groups excluding carboxylic acids is 1. The van der Waals surface area contributed by atoms with Crippen molar-refractivity contribution in [2.24, 2.45) is 0 Å². The van der Waals surface area contributed by atoms with Crippen molar-refractivity contribution in [2.75, 3.05) is 19.0 Å². The Hall–Kier alpha value is -1.55.